The molecule has 2 amide bonds. The summed E-state index contributed by atoms with van der Waals surface area (Å²) in [5, 5.41) is 10.2. The number of hydrogen-bond acceptors (Lipinski definition) is 10. The monoisotopic (exact) mass is 623 g/mol. The van der Waals surface area contributed by atoms with Crippen molar-refractivity contribution in [3.05, 3.63) is 60.7 Å². The number of carboxylic acids is 1. The first-order valence-electron chi connectivity index (χ1n) is 13.1. The number of nitrogens with one attached hydrogen (secondary N) is 1. The van der Waals surface area contributed by atoms with Crippen LogP contribution in [0.15, 0.2) is 59.5 Å². The third-order valence-electron chi connectivity index (χ3n) is 5.78. The zero-order valence-corrected chi connectivity index (χ0v) is 24.3. The number of carboxylic acid groups (broad SMARTS) is 1. The van der Waals surface area contributed by atoms with Gasteiger partial charge in [0.1, 0.15) is 30.0 Å². The first-order valence-corrected chi connectivity index (χ1v) is 13.1. The second kappa shape index (κ2) is 14.4. The number of benzene rings is 1. The summed E-state index contributed by atoms with van der Waals surface area (Å²) in [5.41, 5.74) is 0.253. The second-order valence-electron chi connectivity index (χ2n) is 10.3. The quantitative estimate of drug-likeness (QED) is 0.379. The lowest BCUT2D eigenvalue weighted by Gasteiger charge is -2.41. The number of anilines is 2. The highest BCUT2D eigenvalue weighted by molar-refractivity contribution is 5.93. The van der Waals surface area contributed by atoms with Gasteiger partial charge in [0.25, 0.3) is 11.9 Å². The van der Waals surface area contributed by atoms with Gasteiger partial charge in [-0.15, -0.1) is 0 Å². The lowest BCUT2D eigenvalue weighted by Crippen LogP contribution is -2.59. The highest BCUT2D eigenvalue weighted by Gasteiger charge is 2.38. The minimum absolute atomic E-state index is 0.146. The average Bonchev–Trinajstić information content (AvgIpc) is 3.44. The van der Waals surface area contributed by atoms with Crippen molar-refractivity contribution in [3.63, 3.8) is 0 Å². The van der Waals surface area contributed by atoms with E-state index in [0.29, 0.717) is 12.3 Å². The largest absolute Gasteiger partial charge is 0.497 e. The van der Waals surface area contributed by atoms with Crippen molar-refractivity contribution < 1.29 is 51.3 Å². The normalized spacial score (nSPS) is 15.0. The first kappa shape index (κ1) is 33.5. The lowest BCUT2D eigenvalue weighted by molar-refractivity contribution is -0.192. The Labute approximate surface area is 250 Å². The summed E-state index contributed by atoms with van der Waals surface area (Å²) < 4.78 is 53.8. The molecule has 1 aliphatic heterocycles. The van der Waals surface area contributed by atoms with Gasteiger partial charge < -0.3 is 38.9 Å². The van der Waals surface area contributed by atoms with Crippen LogP contribution in [0.25, 0.3) is 0 Å². The van der Waals surface area contributed by atoms with Crippen LogP contribution in [0, 0.1) is 0 Å². The number of oxazole rings is 1. The third kappa shape index (κ3) is 10.1. The Morgan fingerprint density at radius 2 is 1.77 bits per heavy atom. The molecule has 1 unspecified atom stereocenters. The highest BCUT2D eigenvalue weighted by atomic mass is 19.4. The van der Waals surface area contributed by atoms with Crippen molar-refractivity contribution in [2.24, 2.45) is 0 Å². The van der Waals surface area contributed by atoms with E-state index in [1.807, 2.05) is 32.9 Å². The zero-order valence-electron chi connectivity index (χ0n) is 24.3. The number of rotatable bonds is 7. The van der Waals surface area contributed by atoms with Crippen molar-refractivity contribution in [2.45, 2.75) is 38.6 Å². The van der Waals surface area contributed by atoms with Crippen LogP contribution in [-0.2, 0) is 9.53 Å². The maximum Gasteiger partial charge on any atom is 0.490 e. The van der Waals surface area contributed by atoms with Crippen molar-refractivity contribution in [1.29, 1.82) is 0 Å². The molecule has 1 saturated heterocycles. The van der Waals surface area contributed by atoms with Gasteiger partial charge in [0.15, 0.2) is 5.69 Å². The lowest BCUT2D eigenvalue weighted by atomic mass is 10.1. The summed E-state index contributed by atoms with van der Waals surface area (Å²) in [4.78, 5) is 46.6. The summed E-state index contributed by atoms with van der Waals surface area (Å²) in [6, 6.07) is 10.5. The molecule has 16 heteroatoms. The van der Waals surface area contributed by atoms with Crippen molar-refractivity contribution in [2.75, 3.05) is 38.7 Å². The van der Waals surface area contributed by atoms with E-state index in [2.05, 4.69) is 15.3 Å². The van der Waals surface area contributed by atoms with Gasteiger partial charge in [0.2, 0.25) is 0 Å². The average molecular weight is 624 g/mol. The van der Waals surface area contributed by atoms with Gasteiger partial charge in [-0.2, -0.15) is 18.2 Å². The number of pyridine rings is 1. The molecular weight excluding hydrogens is 591 g/mol. The fraction of sp³-hybridized carbons (Fsp3) is 0.393. The molecule has 1 atom stereocenters. The van der Waals surface area contributed by atoms with Gasteiger partial charge in [-0.1, -0.05) is 0 Å². The summed E-state index contributed by atoms with van der Waals surface area (Å²) in [6.45, 7) is 6.45. The molecule has 13 nitrogen and oxygen atoms in total. The van der Waals surface area contributed by atoms with Gasteiger partial charge in [0.05, 0.1) is 19.3 Å². The number of carbonyl (C=O) groups is 3. The molecule has 0 bridgehead atoms. The molecule has 44 heavy (non-hydrogen) atoms. The van der Waals surface area contributed by atoms with E-state index in [4.69, 9.17) is 28.5 Å². The Kier molecular flexibility index (Phi) is 11.0. The Balaban J connectivity index is 0.000000676. The maximum absolute atomic E-state index is 13.4. The van der Waals surface area contributed by atoms with Crippen LogP contribution >= 0.6 is 0 Å². The summed E-state index contributed by atoms with van der Waals surface area (Å²) >= 11 is 0. The molecule has 0 saturated carbocycles. The van der Waals surface area contributed by atoms with Crippen LogP contribution in [0.5, 0.6) is 11.5 Å². The standard InChI is InChI=1S/C26H31N5O6.C2HF3O2/c1-26(2,3)37-25(33)30-12-13-31(19(15-30)16-35-21-6-5-11-27-14-21)23(32)22-17-36-24(29-22)28-18-7-9-20(34-4)10-8-18;3-2(4,5)1(6)7/h5-11,14,17,19H,12-13,15-16H2,1-4H3,(H,28,29);(H,6,7). The van der Waals surface area contributed by atoms with Crippen LogP contribution < -0.4 is 14.8 Å². The molecule has 2 aromatic heterocycles. The van der Waals surface area contributed by atoms with E-state index >= 15 is 0 Å². The zero-order chi connectivity index (χ0) is 32.5. The number of methoxy groups -OCH3 is 1. The Bertz CT molecular complexity index is 1390. The molecule has 1 fully saturated rings. The topological polar surface area (TPSA) is 157 Å². The third-order valence-corrected chi connectivity index (χ3v) is 5.78. The number of halogens is 3. The predicted molar refractivity (Wildman–Crippen MR) is 149 cm³/mol. The van der Waals surface area contributed by atoms with Gasteiger partial charge >= 0.3 is 18.2 Å². The Morgan fingerprint density at radius 1 is 1.09 bits per heavy atom. The molecule has 4 rings (SSSR count). The molecule has 3 aromatic rings. The van der Waals surface area contributed by atoms with Crippen LogP contribution in [0.3, 0.4) is 0 Å². The number of carbonyl (C=O) groups excluding carboxylic acids is 2. The van der Waals surface area contributed by atoms with Gasteiger partial charge in [-0.05, 0) is 57.2 Å². The summed E-state index contributed by atoms with van der Waals surface area (Å²) in [7, 11) is 1.59. The smallest absolute Gasteiger partial charge is 0.490 e. The molecule has 1 aromatic carbocycles. The molecule has 1 aliphatic rings. The van der Waals surface area contributed by atoms with E-state index in [1.54, 1.807) is 53.6 Å². The Morgan fingerprint density at radius 3 is 2.34 bits per heavy atom. The number of aromatic nitrogens is 2. The maximum atomic E-state index is 13.4. The molecule has 0 spiro atoms. The van der Waals surface area contributed by atoms with E-state index in [0.717, 1.165) is 11.4 Å². The summed E-state index contributed by atoms with van der Waals surface area (Å²) in [5.74, 6) is -1.79. The molecule has 238 valence electrons. The number of amides is 2. The van der Waals surface area contributed by atoms with Gasteiger partial charge in [-0.25, -0.2) is 9.59 Å². The number of ether oxygens (including phenoxy) is 3. The molecule has 2 N–H and O–H groups in total. The number of aliphatic carboxylic acids is 1. The number of hydrogen-bond donors (Lipinski definition) is 2. The predicted octanol–water partition coefficient (Wildman–Crippen LogP) is 4.60. The van der Waals surface area contributed by atoms with Crippen LogP contribution in [0.4, 0.5) is 29.7 Å². The SMILES string of the molecule is COc1ccc(Nc2nc(C(=O)N3CCN(C(=O)OC(C)(C)C)CC3COc3cccnc3)co2)cc1.O=C(O)C(F)(F)F. The molecule has 0 radical (unpaired) electrons. The fourth-order valence-corrected chi connectivity index (χ4v) is 3.76. The highest BCUT2D eigenvalue weighted by Crippen LogP contribution is 2.22. The molecule has 3 heterocycles. The Hall–Kier alpha value is -5.02. The van der Waals surface area contributed by atoms with Crippen molar-refractivity contribution in [1.82, 2.24) is 19.8 Å². The number of nitrogens with zero attached hydrogens (tertiary/aromatic N) is 4. The molecule has 0 aliphatic carbocycles. The van der Waals surface area contributed by atoms with Crippen LogP contribution in [0.2, 0.25) is 0 Å². The fourth-order valence-electron chi connectivity index (χ4n) is 3.76. The van der Waals surface area contributed by atoms with Crippen molar-refractivity contribution in [3.8, 4) is 11.5 Å². The number of piperazine rings is 1. The second-order valence-corrected chi connectivity index (χ2v) is 10.3. The molecular formula is C28H32F3N5O8. The first-order chi connectivity index (χ1) is 20.7. The van der Waals surface area contributed by atoms with E-state index < -0.39 is 29.9 Å². The van der Waals surface area contributed by atoms with Crippen LogP contribution in [-0.4, -0.2) is 94.0 Å². The van der Waals surface area contributed by atoms with E-state index in [1.165, 1.54) is 6.26 Å². The van der Waals surface area contributed by atoms with E-state index in [-0.39, 0.29) is 37.3 Å². The number of alkyl halides is 3. The summed E-state index contributed by atoms with van der Waals surface area (Å²) in [6.07, 6.45) is -0.961. The minimum atomic E-state index is -5.08. The van der Waals surface area contributed by atoms with Gasteiger partial charge in [-0.3, -0.25) is 9.78 Å². The van der Waals surface area contributed by atoms with E-state index in [9.17, 15) is 22.8 Å². The van der Waals surface area contributed by atoms with Crippen LogP contribution in [0.1, 0.15) is 31.3 Å². The van der Waals surface area contributed by atoms with Gasteiger partial charge in [0, 0.05) is 31.5 Å². The minimum Gasteiger partial charge on any atom is -0.497 e. The van der Waals surface area contributed by atoms with Crippen molar-refractivity contribution >= 4 is 29.7 Å².